The molecular formula is C15H25N5O. The summed E-state index contributed by atoms with van der Waals surface area (Å²) in [6.07, 6.45) is 6.62. The van der Waals surface area contributed by atoms with Gasteiger partial charge in [0.05, 0.1) is 0 Å². The summed E-state index contributed by atoms with van der Waals surface area (Å²) in [5, 5.41) is 3.21. The number of nitrogens with one attached hydrogen (secondary N) is 1. The minimum Gasteiger partial charge on any atom is -0.383 e. The van der Waals surface area contributed by atoms with Crippen LogP contribution in [0.2, 0.25) is 0 Å². The molecule has 2 heterocycles. The molecule has 1 unspecified atom stereocenters. The first-order valence-electron chi connectivity index (χ1n) is 7.78. The van der Waals surface area contributed by atoms with Crippen molar-refractivity contribution in [3.05, 3.63) is 11.9 Å². The van der Waals surface area contributed by atoms with Gasteiger partial charge in [0.1, 0.15) is 24.0 Å². The number of rotatable bonds is 5. The molecule has 1 saturated heterocycles. The average Bonchev–Trinajstić information content (AvgIpc) is 2.51. The van der Waals surface area contributed by atoms with Gasteiger partial charge in [-0.2, -0.15) is 0 Å². The van der Waals surface area contributed by atoms with E-state index >= 15 is 0 Å². The number of nitrogens with two attached hydrogens (primary N) is 1. The molecule has 1 atom stereocenters. The highest BCUT2D eigenvalue weighted by Gasteiger charge is 2.23. The first-order valence-corrected chi connectivity index (χ1v) is 7.78. The van der Waals surface area contributed by atoms with Crippen molar-refractivity contribution in [1.29, 1.82) is 0 Å². The van der Waals surface area contributed by atoms with Crippen LogP contribution in [-0.2, 0) is 11.2 Å². The lowest BCUT2D eigenvalue weighted by Crippen LogP contribution is -2.44. The van der Waals surface area contributed by atoms with Crippen LogP contribution in [0.15, 0.2) is 6.33 Å². The Morgan fingerprint density at radius 3 is 2.76 bits per heavy atom. The number of nitrogens with zero attached hydrogens (tertiary/aromatic N) is 3. The molecule has 116 valence electrons. The summed E-state index contributed by atoms with van der Waals surface area (Å²) in [7, 11) is 0. The van der Waals surface area contributed by atoms with E-state index in [9.17, 15) is 4.79 Å². The standard InChI is InChI=1S/C15H25N5O/c1-3-7-12-13(16)17-10-18-14(12)19-11(2)15(21)20-8-5-4-6-9-20/h10-11H,3-9H2,1-2H3,(H3,16,17,18,19). The minimum atomic E-state index is -0.298. The Morgan fingerprint density at radius 2 is 2.10 bits per heavy atom. The number of piperidine rings is 1. The molecule has 0 bridgehead atoms. The van der Waals surface area contributed by atoms with Crippen LogP contribution in [0.1, 0.15) is 45.1 Å². The molecule has 1 fully saturated rings. The van der Waals surface area contributed by atoms with E-state index in [-0.39, 0.29) is 11.9 Å². The highest BCUT2D eigenvalue weighted by atomic mass is 16.2. The second-order valence-corrected chi connectivity index (χ2v) is 5.59. The predicted octanol–water partition coefficient (Wildman–Crippen LogP) is 1.82. The van der Waals surface area contributed by atoms with Gasteiger partial charge in [0.15, 0.2) is 0 Å². The van der Waals surface area contributed by atoms with Gasteiger partial charge in [-0.15, -0.1) is 0 Å². The summed E-state index contributed by atoms with van der Waals surface area (Å²) < 4.78 is 0. The van der Waals surface area contributed by atoms with Crippen LogP contribution >= 0.6 is 0 Å². The van der Waals surface area contributed by atoms with Crippen molar-refractivity contribution in [1.82, 2.24) is 14.9 Å². The van der Waals surface area contributed by atoms with E-state index in [1.165, 1.54) is 12.7 Å². The molecule has 1 aromatic heterocycles. The fraction of sp³-hybridized carbons (Fsp3) is 0.667. The Labute approximate surface area is 126 Å². The predicted molar refractivity (Wildman–Crippen MR) is 84.0 cm³/mol. The van der Waals surface area contributed by atoms with E-state index in [4.69, 9.17) is 5.73 Å². The molecule has 1 aromatic rings. The largest absolute Gasteiger partial charge is 0.383 e. The Kier molecular flexibility index (Phi) is 5.36. The maximum atomic E-state index is 12.4. The van der Waals surface area contributed by atoms with Crippen molar-refractivity contribution < 1.29 is 4.79 Å². The number of carbonyl (C=O) groups excluding carboxylic acids is 1. The van der Waals surface area contributed by atoms with Gasteiger partial charge >= 0.3 is 0 Å². The average molecular weight is 291 g/mol. The highest BCUT2D eigenvalue weighted by Crippen LogP contribution is 2.20. The van der Waals surface area contributed by atoms with E-state index in [1.807, 2.05) is 11.8 Å². The minimum absolute atomic E-state index is 0.134. The van der Waals surface area contributed by atoms with Gasteiger partial charge in [-0.25, -0.2) is 9.97 Å². The van der Waals surface area contributed by atoms with Gasteiger partial charge in [-0.3, -0.25) is 4.79 Å². The van der Waals surface area contributed by atoms with Gasteiger partial charge in [-0.1, -0.05) is 13.3 Å². The summed E-state index contributed by atoms with van der Waals surface area (Å²) in [4.78, 5) is 22.7. The van der Waals surface area contributed by atoms with Crippen LogP contribution < -0.4 is 11.1 Å². The summed E-state index contributed by atoms with van der Waals surface area (Å²) in [5.41, 5.74) is 6.82. The second-order valence-electron chi connectivity index (χ2n) is 5.59. The fourth-order valence-electron chi connectivity index (χ4n) is 2.70. The monoisotopic (exact) mass is 291 g/mol. The Bertz CT molecular complexity index is 485. The maximum Gasteiger partial charge on any atom is 0.244 e. The topological polar surface area (TPSA) is 84.1 Å². The van der Waals surface area contributed by atoms with Crippen molar-refractivity contribution >= 4 is 17.5 Å². The van der Waals surface area contributed by atoms with Crippen molar-refractivity contribution in [3.8, 4) is 0 Å². The van der Waals surface area contributed by atoms with Crippen LogP contribution in [0.5, 0.6) is 0 Å². The lowest BCUT2D eigenvalue weighted by molar-refractivity contribution is -0.132. The van der Waals surface area contributed by atoms with Crippen LogP contribution in [0, 0.1) is 0 Å². The zero-order valence-corrected chi connectivity index (χ0v) is 12.9. The highest BCUT2D eigenvalue weighted by molar-refractivity contribution is 5.84. The molecule has 6 nitrogen and oxygen atoms in total. The molecule has 1 amide bonds. The van der Waals surface area contributed by atoms with E-state index in [0.29, 0.717) is 11.6 Å². The number of aromatic nitrogens is 2. The third kappa shape index (κ3) is 3.83. The van der Waals surface area contributed by atoms with Crippen molar-refractivity contribution in [2.24, 2.45) is 0 Å². The van der Waals surface area contributed by atoms with Crippen molar-refractivity contribution in [2.45, 2.75) is 52.0 Å². The summed E-state index contributed by atoms with van der Waals surface area (Å²) >= 11 is 0. The van der Waals surface area contributed by atoms with Gasteiger partial charge in [0, 0.05) is 18.7 Å². The zero-order chi connectivity index (χ0) is 15.2. The Morgan fingerprint density at radius 1 is 1.38 bits per heavy atom. The SMILES string of the molecule is CCCc1c(N)ncnc1NC(C)C(=O)N1CCCCC1. The van der Waals surface area contributed by atoms with Crippen LogP contribution in [0.25, 0.3) is 0 Å². The smallest absolute Gasteiger partial charge is 0.244 e. The van der Waals surface area contributed by atoms with Crippen molar-refractivity contribution in [2.75, 3.05) is 24.1 Å². The number of nitrogen functional groups attached to an aromatic ring is 1. The van der Waals surface area contributed by atoms with Gasteiger partial charge in [0.25, 0.3) is 0 Å². The summed E-state index contributed by atoms with van der Waals surface area (Å²) in [6.45, 7) is 5.68. The van der Waals surface area contributed by atoms with E-state index in [0.717, 1.165) is 44.3 Å². The first-order chi connectivity index (χ1) is 10.1. The number of likely N-dealkylation sites (tertiary alicyclic amines) is 1. The molecule has 1 aliphatic heterocycles. The van der Waals surface area contributed by atoms with Crippen LogP contribution in [0.3, 0.4) is 0 Å². The summed E-state index contributed by atoms with van der Waals surface area (Å²) in [5.74, 6) is 1.31. The third-order valence-electron chi connectivity index (χ3n) is 3.87. The molecule has 0 radical (unpaired) electrons. The lowest BCUT2D eigenvalue weighted by atomic mass is 10.1. The van der Waals surface area contributed by atoms with Crippen LogP contribution in [0.4, 0.5) is 11.6 Å². The Hall–Kier alpha value is -1.85. The number of hydrogen-bond acceptors (Lipinski definition) is 5. The zero-order valence-electron chi connectivity index (χ0n) is 12.9. The molecular weight excluding hydrogens is 266 g/mol. The van der Waals surface area contributed by atoms with Crippen molar-refractivity contribution in [3.63, 3.8) is 0 Å². The number of carbonyl (C=O) groups is 1. The third-order valence-corrected chi connectivity index (χ3v) is 3.87. The van der Waals surface area contributed by atoms with Gasteiger partial charge in [0.2, 0.25) is 5.91 Å². The van der Waals surface area contributed by atoms with Crippen LogP contribution in [-0.4, -0.2) is 39.9 Å². The van der Waals surface area contributed by atoms with E-state index in [1.54, 1.807) is 0 Å². The molecule has 2 rings (SSSR count). The molecule has 0 saturated carbocycles. The normalized spacial score (nSPS) is 16.6. The maximum absolute atomic E-state index is 12.4. The molecule has 0 aromatic carbocycles. The molecule has 0 aliphatic carbocycles. The quantitative estimate of drug-likeness (QED) is 0.864. The molecule has 3 N–H and O–H groups in total. The van der Waals surface area contributed by atoms with E-state index in [2.05, 4.69) is 22.2 Å². The first kappa shape index (κ1) is 15.5. The molecule has 0 spiro atoms. The molecule has 21 heavy (non-hydrogen) atoms. The lowest BCUT2D eigenvalue weighted by Gasteiger charge is -2.29. The fourth-order valence-corrected chi connectivity index (χ4v) is 2.70. The van der Waals surface area contributed by atoms with Gasteiger partial charge < -0.3 is 16.0 Å². The van der Waals surface area contributed by atoms with Gasteiger partial charge in [-0.05, 0) is 32.6 Å². The Balaban J connectivity index is 2.06. The van der Waals surface area contributed by atoms with E-state index < -0.39 is 0 Å². The number of amides is 1. The summed E-state index contributed by atoms with van der Waals surface area (Å²) in [6, 6.07) is -0.298. The number of hydrogen-bond donors (Lipinski definition) is 2. The molecule has 1 aliphatic rings. The number of anilines is 2. The second kappa shape index (κ2) is 7.24. The molecule has 6 heteroatoms.